The van der Waals surface area contributed by atoms with Gasteiger partial charge in [0.15, 0.2) is 0 Å². The molecule has 0 atom stereocenters. The maximum Gasteiger partial charge on any atom is 0.303 e. The van der Waals surface area contributed by atoms with E-state index in [2.05, 4.69) is 0 Å². The first-order valence-corrected chi connectivity index (χ1v) is 7.62. The Kier molecular flexibility index (Phi) is 4.94. The largest absolute Gasteiger partial charge is 0.481 e. The predicted molar refractivity (Wildman–Crippen MR) is 65.2 cm³/mol. The van der Waals surface area contributed by atoms with Crippen molar-refractivity contribution in [2.75, 3.05) is 18.8 Å². The summed E-state index contributed by atoms with van der Waals surface area (Å²) in [4.78, 5) is 10.6. The summed E-state index contributed by atoms with van der Waals surface area (Å²) in [7, 11) is -3.15. The Balaban J connectivity index is 2.49. The van der Waals surface area contributed by atoms with Gasteiger partial charge in [0.05, 0.1) is 5.75 Å². The van der Waals surface area contributed by atoms with E-state index < -0.39 is 16.0 Å². The molecule has 0 spiro atoms. The molecule has 17 heavy (non-hydrogen) atoms. The van der Waals surface area contributed by atoms with Crippen molar-refractivity contribution in [1.82, 2.24) is 4.31 Å². The number of sulfonamides is 1. The van der Waals surface area contributed by atoms with Crippen LogP contribution in [0.3, 0.4) is 0 Å². The van der Waals surface area contributed by atoms with Crippen LogP contribution in [0, 0.1) is 11.8 Å². The van der Waals surface area contributed by atoms with Crippen LogP contribution in [-0.4, -0.2) is 42.6 Å². The van der Waals surface area contributed by atoms with Gasteiger partial charge >= 0.3 is 5.97 Å². The van der Waals surface area contributed by atoms with Crippen LogP contribution >= 0.6 is 0 Å². The van der Waals surface area contributed by atoms with Crippen molar-refractivity contribution in [3.8, 4) is 0 Å². The summed E-state index contributed by atoms with van der Waals surface area (Å²) in [6.07, 6.45) is 1.46. The lowest BCUT2D eigenvalue weighted by Gasteiger charge is -2.31. The molecule has 0 aromatic heterocycles. The number of hydrogen-bond donors (Lipinski definition) is 1. The highest BCUT2D eigenvalue weighted by atomic mass is 32.2. The number of carbonyl (C=O) groups is 1. The topological polar surface area (TPSA) is 74.7 Å². The third kappa shape index (κ3) is 4.63. The molecular formula is C11H21NO4S. The molecule has 0 saturated carbocycles. The minimum Gasteiger partial charge on any atom is -0.481 e. The van der Waals surface area contributed by atoms with Crippen LogP contribution in [-0.2, 0) is 14.8 Å². The molecule has 1 N–H and O–H groups in total. The fraction of sp³-hybridized carbons (Fsp3) is 0.909. The molecule has 1 heterocycles. The highest BCUT2D eigenvalue weighted by molar-refractivity contribution is 7.89. The molecule has 1 saturated heterocycles. The van der Waals surface area contributed by atoms with Crippen molar-refractivity contribution < 1.29 is 18.3 Å². The van der Waals surface area contributed by atoms with Gasteiger partial charge in [0.2, 0.25) is 10.0 Å². The average molecular weight is 263 g/mol. The molecule has 0 bridgehead atoms. The Morgan fingerprint density at radius 2 is 1.88 bits per heavy atom. The van der Waals surface area contributed by atoms with E-state index in [-0.39, 0.29) is 24.0 Å². The van der Waals surface area contributed by atoms with Crippen molar-refractivity contribution in [2.24, 2.45) is 11.8 Å². The van der Waals surface area contributed by atoms with Crippen molar-refractivity contribution in [3.05, 3.63) is 0 Å². The van der Waals surface area contributed by atoms with Crippen LogP contribution in [0.5, 0.6) is 0 Å². The molecule has 100 valence electrons. The molecule has 0 amide bonds. The average Bonchev–Trinajstić information content (AvgIpc) is 2.15. The van der Waals surface area contributed by atoms with Gasteiger partial charge in [0.25, 0.3) is 0 Å². The maximum absolute atomic E-state index is 11.9. The van der Waals surface area contributed by atoms with Crippen molar-refractivity contribution in [1.29, 1.82) is 0 Å². The summed E-state index contributed by atoms with van der Waals surface area (Å²) in [6.45, 7) is 4.70. The first kappa shape index (κ1) is 14.4. The summed E-state index contributed by atoms with van der Waals surface area (Å²) < 4.78 is 25.4. The third-order valence-electron chi connectivity index (χ3n) is 2.97. The van der Waals surface area contributed by atoms with Gasteiger partial charge in [-0.1, -0.05) is 13.8 Å². The molecule has 0 aromatic rings. The van der Waals surface area contributed by atoms with E-state index in [1.165, 1.54) is 4.31 Å². The number of hydrogen-bond acceptors (Lipinski definition) is 3. The lowest BCUT2D eigenvalue weighted by atomic mass is 9.95. The van der Waals surface area contributed by atoms with E-state index in [9.17, 15) is 13.2 Å². The SMILES string of the molecule is CC(C)CS(=O)(=O)N1CCC(CC(=O)O)CC1. The molecule has 0 aliphatic carbocycles. The summed E-state index contributed by atoms with van der Waals surface area (Å²) in [5, 5.41) is 8.68. The molecule has 1 fully saturated rings. The quantitative estimate of drug-likeness (QED) is 0.807. The summed E-state index contributed by atoms with van der Waals surface area (Å²) >= 11 is 0. The highest BCUT2D eigenvalue weighted by Crippen LogP contribution is 2.23. The summed E-state index contributed by atoms with van der Waals surface area (Å²) in [5.41, 5.74) is 0. The van der Waals surface area contributed by atoms with Crippen LogP contribution in [0.2, 0.25) is 0 Å². The molecule has 1 aliphatic rings. The van der Waals surface area contributed by atoms with E-state index in [1.807, 2.05) is 13.8 Å². The van der Waals surface area contributed by atoms with Gasteiger partial charge in [-0.2, -0.15) is 0 Å². The van der Waals surface area contributed by atoms with E-state index in [0.717, 1.165) is 0 Å². The predicted octanol–water partition coefficient (Wildman–Crippen LogP) is 1.16. The van der Waals surface area contributed by atoms with Crippen LogP contribution in [0.4, 0.5) is 0 Å². The van der Waals surface area contributed by atoms with Crippen molar-refractivity contribution in [2.45, 2.75) is 33.1 Å². The first-order chi connectivity index (χ1) is 7.81. The second-order valence-electron chi connectivity index (χ2n) is 5.11. The van der Waals surface area contributed by atoms with Gasteiger partial charge in [-0.05, 0) is 24.7 Å². The normalized spacial score (nSPS) is 19.7. The number of carboxylic acid groups (broad SMARTS) is 1. The first-order valence-electron chi connectivity index (χ1n) is 6.01. The molecule has 1 aliphatic heterocycles. The minimum absolute atomic E-state index is 0.122. The van der Waals surface area contributed by atoms with E-state index >= 15 is 0 Å². The molecule has 6 heteroatoms. The zero-order chi connectivity index (χ0) is 13.1. The Morgan fingerprint density at radius 3 is 2.29 bits per heavy atom. The second kappa shape index (κ2) is 5.82. The summed E-state index contributed by atoms with van der Waals surface area (Å²) in [6, 6.07) is 0. The zero-order valence-corrected chi connectivity index (χ0v) is 11.2. The lowest BCUT2D eigenvalue weighted by molar-refractivity contribution is -0.138. The lowest BCUT2D eigenvalue weighted by Crippen LogP contribution is -2.40. The van der Waals surface area contributed by atoms with Crippen LogP contribution in [0.1, 0.15) is 33.1 Å². The Bertz CT molecular complexity index is 356. The number of carboxylic acids is 1. The smallest absolute Gasteiger partial charge is 0.303 e. The Labute approximate surface area is 103 Å². The maximum atomic E-state index is 11.9. The minimum atomic E-state index is -3.15. The van der Waals surface area contributed by atoms with Gasteiger partial charge in [-0.25, -0.2) is 12.7 Å². The van der Waals surface area contributed by atoms with E-state index in [0.29, 0.717) is 25.9 Å². The van der Waals surface area contributed by atoms with E-state index in [1.54, 1.807) is 0 Å². The number of aliphatic carboxylic acids is 1. The molecule has 0 aromatic carbocycles. The monoisotopic (exact) mass is 263 g/mol. The van der Waals surface area contributed by atoms with Gasteiger partial charge in [-0.3, -0.25) is 4.79 Å². The number of nitrogens with zero attached hydrogens (tertiary/aromatic N) is 1. The van der Waals surface area contributed by atoms with Crippen molar-refractivity contribution in [3.63, 3.8) is 0 Å². The van der Waals surface area contributed by atoms with Crippen molar-refractivity contribution >= 4 is 16.0 Å². The van der Waals surface area contributed by atoms with Crippen LogP contribution in [0.15, 0.2) is 0 Å². The molecule has 5 nitrogen and oxygen atoms in total. The fourth-order valence-corrected chi connectivity index (χ4v) is 3.99. The van der Waals surface area contributed by atoms with Gasteiger partial charge in [-0.15, -0.1) is 0 Å². The standard InChI is InChI=1S/C11H21NO4S/c1-9(2)8-17(15,16)12-5-3-10(4-6-12)7-11(13)14/h9-10H,3-8H2,1-2H3,(H,13,14). The molecule has 1 rings (SSSR count). The molecule has 0 radical (unpaired) electrons. The summed E-state index contributed by atoms with van der Waals surface area (Å²) in [5.74, 6) is -0.375. The van der Waals surface area contributed by atoms with Gasteiger partial charge < -0.3 is 5.11 Å². The number of piperidine rings is 1. The fourth-order valence-electron chi connectivity index (χ4n) is 2.17. The molecule has 0 unspecified atom stereocenters. The molecular weight excluding hydrogens is 242 g/mol. The highest BCUT2D eigenvalue weighted by Gasteiger charge is 2.29. The van der Waals surface area contributed by atoms with Gasteiger partial charge in [0.1, 0.15) is 0 Å². The van der Waals surface area contributed by atoms with Gasteiger partial charge in [0, 0.05) is 19.5 Å². The zero-order valence-electron chi connectivity index (χ0n) is 10.4. The van der Waals surface area contributed by atoms with Crippen LogP contribution < -0.4 is 0 Å². The number of rotatable bonds is 5. The second-order valence-corrected chi connectivity index (χ2v) is 7.13. The third-order valence-corrected chi connectivity index (χ3v) is 5.21. The Morgan fingerprint density at radius 1 is 1.35 bits per heavy atom. The van der Waals surface area contributed by atoms with Crippen LogP contribution in [0.25, 0.3) is 0 Å². The van der Waals surface area contributed by atoms with E-state index in [4.69, 9.17) is 5.11 Å². The Hall–Kier alpha value is -0.620.